The molecule has 0 aromatic carbocycles. The number of hydrogen-bond donors (Lipinski definition) is 0. The SMILES string of the molecule is CCCCCCCCCCCCOS(=O)(=O)OOCC.[NaH]. The summed E-state index contributed by atoms with van der Waals surface area (Å²) in [6.45, 7) is 4.19. The Morgan fingerprint density at radius 3 is 1.71 bits per heavy atom. The topological polar surface area (TPSA) is 61.8 Å². The molecule has 0 unspecified atom stereocenters. The molecule has 0 aliphatic heterocycles. The number of unbranched alkanes of at least 4 members (excludes halogenated alkanes) is 9. The van der Waals surface area contributed by atoms with E-state index in [9.17, 15) is 8.42 Å². The van der Waals surface area contributed by atoms with Crippen molar-refractivity contribution in [2.45, 2.75) is 78.1 Å². The van der Waals surface area contributed by atoms with Gasteiger partial charge in [-0.25, -0.2) is 9.07 Å². The molecule has 0 aromatic heterocycles. The molecule has 0 aliphatic rings. The van der Waals surface area contributed by atoms with Crippen LogP contribution in [0, 0.1) is 0 Å². The third kappa shape index (κ3) is 18.8. The molecular weight excluding hydrogens is 303 g/mol. The summed E-state index contributed by atoms with van der Waals surface area (Å²) in [6.07, 6.45) is 12.0. The minimum atomic E-state index is -3.98. The predicted octanol–water partition coefficient (Wildman–Crippen LogP) is 3.49. The van der Waals surface area contributed by atoms with Gasteiger partial charge < -0.3 is 0 Å². The van der Waals surface area contributed by atoms with E-state index in [0.717, 1.165) is 19.3 Å². The molecule has 0 radical (unpaired) electrons. The van der Waals surface area contributed by atoms with Crippen LogP contribution >= 0.6 is 0 Å². The van der Waals surface area contributed by atoms with Gasteiger partial charge in [-0.3, -0.25) is 0 Å². The zero-order chi connectivity index (χ0) is 15.1. The van der Waals surface area contributed by atoms with Crippen molar-refractivity contribution in [1.29, 1.82) is 0 Å². The molecule has 0 heterocycles. The summed E-state index contributed by atoms with van der Waals surface area (Å²) in [4.78, 5) is 4.34. The van der Waals surface area contributed by atoms with Crippen LogP contribution in [0.2, 0.25) is 0 Å². The van der Waals surface area contributed by atoms with Gasteiger partial charge in [-0.2, -0.15) is 8.42 Å². The van der Waals surface area contributed by atoms with Crippen molar-refractivity contribution in [2.24, 2.45) is 0 Å². The standard InChI is InChI=1S/C14H30O5S.Na.H/c1-3-5-6-7-8-9-10-11-12-13-14-18-20(15,16)19-17-4-2;;/h3-14H2,1-2H3;;. The summed E-state index contributed by atoms with van der Waals surface area (Å²) in [6, 6.07) is 0. The van der Waals surface area contributed by atoms with Crippen molar-refractivity contribution < 1.29 is 21.8 Å². The zero-order valence-corrected chi connectivity index (χ0v) is 13.8. The fraction of sp³-hybridized carbons (Fsp3) is 1.00. The van der Waals surface area contributed by atoms with Crippen molar-refractivity contribution in [2.75, 3.05) is 13.2 Å². The predicted molar refractivity (Wildman–Crippen MR) is 86.6 cm³/mol. The van der Waals surface area contributed by atoms with E-state index in [1.54, 1.807) is 6.92 Å². The van der Waals surface area contributed by atoms with Crippen molar-refractivity contribution >= 4 is 40.0 Å². The Morgan fingerprint density at radius 2 is 1.24 bits per heavy atom. The number of hydrogen-bond acceptors (Lipinski definition) is 5. The summed E-state index contributed by atoms with van der Waals surface area (Å²) < 4.78 is 30.9. The van der Waals surface area contributed by atoms with Crippen LogP contribution in [0.1, 0.15) is 78.1 Å². The van der Waals surface area contributed by atoms with Gasteiger partial charge in [0, 0.05) is 0 Å². The van der Waals surface area contributed by atoms with Crippen LogP contribution in [-0.2, 0) is 23.8 Å². The van der Waals surface area contributed by atoms with E-state index in [0.29, 0.717) is 0 Å². The summed E-state index contributed by atoms with van der Waals surface area (Å²) in [5.41, 5.74) is 0. The molecular formula is C14H31NaO5S. The molecule has 0 bridgehead atoms. The van der Waals surface area contributed by atoms with Crippen LogP contribution in [0.25, 0.3) is 0 Å². The molecule has 0 rings (SSSR count). The second-order valence-electron chi connectivity index (χ2n) is 4.89. The monoisotopic (exact) mass is 334 g/mol. The fourth-order valence-corrected chi connectivity index (χ4v) is 2.45. The van der Waals surface area contributed by atoms with E-state index in [2.05, 4.69) is 20.3 Å². The molecule has 0 saturated carbocycles. The van der Waals surface area contributed by atoms with E-state index >= 15 is 0 Å². The average Bonchev–Trinajstić information content (AvgIpc) is 2.42. The van der Waals surface area contributed by atoms with E-state index in [1.165, 1.54) is 44.9 Å². The first-order valence-electron chi connectivity index (χ1n) is 7.82. The van der Waals surface area contributed by atoms with Crippen LogP contribution in [0.15, 0.2) is 0 Å². The van der Waals surface area contributed by atoms with Gasteiger partial charge in [-0.1, -0.05) is 69.0 Å². The summed E-state index contributed by atoms with van der Waals surface area (Å²) in [5.74, 6) is 0. The number of rotatable bonds is 15. The van der Waals surface area contributed by atoms with Crippen molar-refractivity contribution in [1.82, 2.24) is 0 Å². The molecule has 0 spiro atoms. The minimum absolute atomic E-state index is 0. The molecule has 0 atom stereocenters. The first kappa shape index (κ1) is 24.1. The molecule has 5 nitrogen and oxygen atoms in total. The van der Waals surface area contributed by atoms with Gasteiger partial charge in [0.25, 0.3) is 0 Å². The fourth-order valence-electron chi connectivity index (χ4n) is 1.88. The summed E-state index contributed by atoms with van der Waals surface area (Å²) in [7, 11) is -3.98. The van der Waals surface area contributed by atoms with Crippen LogP contribution in [0.3, 0.4) is 0 Å². The second-order valence-corrected chi connectivity index (χ2v) is 6.08. The van der Waals surface area contributed by atoms with Gasteiger partial charge in [0.15, 0.2) is 0 Å². The Kier molecular flexibility index (Phi) is 19.7. The molecule has 0 aromatic rings. The molecule has 0 saturated heterocycles. The zero-order valence-electron chi connectivity index (χ0n) is 12.9. The van der Waals surface area contributed by atoms with E-state index < -0.39 is 10.4 Å². The quantitative estimate of drug-likeness (QED) is 0.198. The Hall–Kier alpha value is 0.830. The molecule has 0 amide bonds. The van der Waals surface area contributed by atoms with Gasteiger partial charge >= 0.3 is 40.0 Å². The second kappa shape index (κ2) is 17.2. The summed E-state index contributed by atoms with van der Waals surface area (Å²) in [5, 5.41) is 0. The maximum absolute atomic E-state index is 11.1. The molecule has 124 valence electrons. The van der Waals surface area contributed by atoms with Crippen LogP contribution in [-0.4, -0.2) is 51.2 Å². The van der Waals surface area contributed by atoms with E-state index in [1.807, 2.05) is 0 Å². The molecule has 0 N–H and O–H groups in total. The normalized spacial score (nSPS) is 11.3. The van der Waals surface area contributed by atoms with Crippen LogP contribution in [0.4, 0.5) is 0 Å². The maximum atomic E-state index is 11.1. The average molecular weight is 334 g/mol. The molecule has 21 heavy (non-hydrogen) atoms. The summed E-state index contributed by atoms with van der Waals surface area (Å²) >= 11 is 0. The van der Waals surface area contributed by atoms with Gasteiger partial charge in [0.2, 0.25) is 0 Å². The Balaban J connectivity index is 0. The third-order valence-corrected chi connectivity index (χ3v) is 3.69. The van der Waals surface area contributed by atoms with Crippen molar-refractivity contribution in [3.63, 3.8) is 0 Å². The van der Waals surface area contributed by atoms with Gasteiger partial charge in [0.1, 0.15) is 0 Å². The van der Waals surface area contributed by atoms with Gasteiger partial charge in [0.05, 0.1) is 13.2 Å². The molecule has 0 aliphatic carbocycles. The Morgan fingerprint density at radius 1 is 0.762 bits per heavy atom. The molecule has 7 heteroatoms. The Labute approximate surface area is 152 Å². The van der Waals surface area contributed by atoms with Crippen molar-refractivity contribution in [3.05, 3.63) is 0 Å². The van der Waals surface area contributed by atoms with Crippen molar-refractivity contribution in [3.8, 4) is 0 Å². The third-order valence-electron chi connectivity index (χ3n) is 2.97. The first-order chi connectivity index (χ1) is 9.62. The Bertz CT molecular complexity index is 296. The van der Waals surface area contributed by atoms with Gasteiger partial charge in [-0.05, 0) is 13.3 Å². The van der Waals surface area contributed by atoms with E-state index in [4.69, 9.17) is 0 Å². The van der Waals surface area contributed by atoms with Crippen LogP contribution < -0.4 is 0 Å². The van der Waals surface area contributed by atoms with Crippen LogP contribution in [0.5, 0.6) is 0 Å². The van der Waals surface area contributed by atoms with E-state index in [-0.39, 0.29) is 42.8 Å². The first-order valence-corrected chi connectivity index (χ1v) is 9.16. The van der Waals surface area contributed by atoms with Gasteiger partial charge in [-0.15, -0.1) is 0 Å². The molecule has 0 fully saturated rings.